The van der Waals surface area contributed by atoms with Crippen LogP contribution in [-0.4, -0.2) is 13.4 Å². The maximum Gasteiger partial charge on any atom is 0.264 e. The third-order valence-electron chi connectivity index (χ3n) is 2.42. The average Bonchev–Trinajstić information content (AvgIpc) is 2.42. The predicted molar refractivity (Wildman–Crippen MR) is 70.6 cm³/mol. The number of rotatable bonds is 3. The van der Waals surface area contributed by atoms with Crippen LogP contribution in [0, 0.1) is 17.1 Å². The smallest absolute Gasteiger partial charge is 0.264 e. The van der Waals surface area contributed by atoms with E-state index in [1.807, 2.05) is 0 Å². The van der Waals surface area contributed by atoms with E-state index < -0.39 is 15.8 Å². The summed E-state index contributed by atoms with van der Waals surface area (Å²) in [7, 11) is -4.03. The Balaban J connectivity index is 2.44. The van der Waals surface area contributed by atoms with Crippen molar-refractivity contribution >= 4 is 21.4 Å². The fourth-order valence-corrected chi connectivity index (χ4v) is 2.71. The highest BCUT2D eigenvalue weighted by Gasteiger charge is 2.20. The van der Waals surface area contributed by atoms with Crippen LogP contribution >= 0.6 is 0 Å². The van der Waals surface area contributed by atoms with Gasteiger partial charge in [-0.2, -0.15) is 5.26 Å². The second-order valence-electron chi connectivity index (χ2n) is 3.80. The van der Waals surface area contributed by atoms with Crippen LogP contribution in [0.1, 0.15) is 5.69 Å². The molecule has 0 saturated heterocycles. The van der Waals surface area contributed by atoms with Crippen LogP contribution in [-0.2, 0) is 10.0 Å². The molecule has 0 radical (unpaired) electrons. The largest absolute Gasteiger partial charge is 0.397 e. The lowest BCUT2D eigenvalue weighted by molar-refractivity contribution is 0.600. The number of nitrogens with one attached hydrogen (secondary N) is 1. The molecule has 0 aliphatic heterocycles. The zero-order valence-electron chi connectivity index (χ0n) is 10.0. The lowest BCUT2D eigenvalue weighted by Gasteiger charge is -2.10. The van der Waals surface area contributed by atoms with Crippen LogP contribution in [0.25, 0.3) is 0 Å². The number of sulfonamides is 1. The molecule has 0 unspecified atom stereocenters. The van der Waals surface area contributed by atoms with Gasteiger partial charge < -0.3 is 5.73 Å². The fourth-order valence-electron chi connectivity index (χ4n) is 1.52. The number of nitrogens with two attached hydrogens (primary N) is 1. The highest BCUT2D eigenvalue weighted by atomic mass is 32.2. The number of halogens is 1. The molecular formula is C12H9FN4O2S. The third-order valence-corrected chi connectivity index (χ3v) is 3.82. The van der Waals surface area contributed by atoms with Crippen molar-refractivity contribution < 1.29 is 12.8 Å². The molecule has 0 amide bonds. The summed E-state index contributed by atoms with van der Waals surface area (Å²) in [6, 6.07) is 7.59. The Bertz CT molecular complexity index is 799. The van der Waals surface area contributed by atoms with Crippen molar-refractivity contribution in [2.75, 3.05) is 10.5 Å². The number of pyridine rings is 1. The summed E-state index contributed by atoms with van der Waals surface area (Å²) < 4.78 is 39.4. The van der Waals surface area contributed by atoms with Crippen LogP contribution in [0.15, 0.2) is 41.4 Å². The molecular weight excluding hydrogens is 283 g/mol. The van der Waals surface area contributed by atoms with Gasteiger partial charge in [0.1, 0.15) is 16.8 Å². The summed E-state index contributed by atoms with van der Waals surface area (Å²) in [4.78, 5) is 3.40. The molecule has 2 aromatic rings. The second kappa shape index (κ2) is 5.14. The van der Waals surface area contributed by atoms with Gasteiger partial charge in [0.25, 0.3) is 10.0 Å². The molecule has 1 heterocycles. The van der Waals surface area contributed by atoms with Crippen molar-refractivity contribution in [3.05, 3.63) is 48.0 Å². The predicted octanol–water partition coefficient (Wildman–Crippen LogP) is 1.48. The van der Waals surface area contributed by atoms with E-state index in [4.69, 9.17) is 11.0 Å². The highest BCUT2D eigenvalue weighted by molar-refractivity contribution is 7.92. The van der Waals surface area contributed by atoms with Gasteiger partial charge in [-0.1, -0.05) is 0 Å². The van der Waals surface area contributed by atoms with Gasteiger partial charge in [-0.25, -0.2) is 17.8 Å². The van der Waals surface area contributed by atoms with Crippen LogP contribution < -0.4 is 10.5 Å². The van der Waals surface area contributed by atoms with E-state index in [1.54, 1.807) is 6.07 Å². The Morgan fingerprint density at radius 1 is 1.35 bits per heavy atom. The number of hydrogen-bond acceptors (Lipinski definition) is 5. The molecule has 0 spiro atoms. The van der Waals surface area contributed by atoms with Gasteiger partial charge in [0.05, 0.1) is 11.4 Å². The monoisotopic (exact) mass is 292 g/mol. The zero-order chi connectivity index (χ0) is 14.8. The highest BCUT2D eigenvalue weighted by Crippen LogP contribution is 2.23. The lowest BCUT2D eigenvalue weighted by Crippen LogP contribution is -2.16. The van der Waals surface area contributed by atoms with Crippen LogP contribution in [0.3, 0.4) is 0 Å². The number of nitrogens with zero attached hydrogens (tertiary/aromatic N) is 2. The Morgan fingerprint density at radius 3 is 2.75 bits per heavy atom. The van der Waals surface area contributed by atoms with Gasteiger partial charge in [-0.05, 0) is 30.3 Å². The van der Waals surface area contributed by atoms with E-state index in [1.165, 1.54) is 24.4 Å². The quantitative estimate of drug-likeness (QED) is 0.833. The molecule has 0 atom stereocenters. The minimum Gasteiger partial charge on any atom is -0.397 e. The van der Waals surface area contributed by atoms with Crippen molar-refractivity contribution in [2.24, 2.45) is 0 Å². The molecule has 102 valence electrons. The molecule has 2 rings (SSSR count). The zero-order valence-corrected chi connectivity index (χ0v) is 10.9. The van der Waals surface area contributed by atoms with Crippen molar-refractivity contribution in [3.63, 3.8) is 0 Å². The van der Waals surface area contributed by atoms with Crippen molar-refractivity contribution in [1.82, 2.24) is 4.98 Å². The maximum absolute atomic E-state index is 12.9. The minimum atomic E-state index is -4.03. The number of anilines is 2. The Kier molecular flexibility index (Phi) is 3.54. The first-order valence-corrected chi connectivity index (χ1v) is 6.85. The van der Waals surface area contributed by atoms with Crippen molar-refractivity contribution in [2.45, 2.75) is 4.90 Å². The Hall–Kier alpha value is -2.66. The number of nitrogen functional groups attached to an aromatic ring is 1. The molecule has 20 heavy (non-hydrogen) atoms. The summed E-state index contributed by atoms with van der Waals surface area (Å²) in [6.07, 6.45) is 1.31. The molecule has 0 bridgehead atoms. The summed E-state index contributed by atoms with van der Waals surface area (Å²) in [5, 5.41) is 8.86. The molecule has 6 nitrogen and oxygen atoms in total. The third kappa shape index (κ3) is 2.67. The summed E-state index contributed by atoms with van der Waals surface area (Å²) in [6.45, 7) is 0. The normalized spacial score (nSPS) is 10.8. The SMILES string of the molecule is N#Cc1ncccc1S(=O)(=O)Nc1ccc(F)cc1N. The molecule has 0 saturated carbocycles. The van der Waals surface area contributed by atoms with Gasteiger partial charge in [-0.3, -0.25) is 4.72 Å². The average molecular weight is 292 g/mol. The number of aromatic nitrogens is 1. The van der Waals surface area contributed by atoms with Gasteiger partial charge in [-0.15, -0.1) is 0 Å². The van der Waals surface area contributed by atoms with Crippen molar-refractivity contribution in [3.8, 4) is 6.07 Å². The van der Waals surface area contributed by atoms with Crippen LogP contribution in [0.4, 0.5) is 15.8 Å². The van der Waals surface area contributed by atoms with E-state index in [2.05, 4.69) is 9.71 Å². The maximum atomic E-state index is 12.9. The first kappa shape index (κ1) is 13.8. The molecule has 0 aliphatic rings. The number of nitriles is 1. The van der Waals surface area contributed by atoms with Crippen LogP contribution in [0.2, 0.25) is 0 Å². The number of hydrogen-bond donors (Lipinski definition) is 2. The summed E-state index contributed by atoms with van der Waals surface area (Å²) in [5.41, 5.74) is 5.26. The fraction of sp³-hybridized carbons (Fsp3) is 0. The molecule has 8 heteroatoms. The van der Waals surface area contributed by atoms with Crippen molar-refractivity contribution in [1.29, 1.82) is 5.26 Å². The molecule has 3 N–H and O–H groups in total. The van der Waals surface area contributed by atoms with E-state index in [0.29, 0.717) is 0 Å². The molecule has 1 aromatic carbocycles. The van der Waals surface area contributed by atoms with E-state index in [0.717, 1.165) is 12.1 Å². The molecule has 1 aromatic heterocycles. The Labute approximate surface area is 114 Å². The molecule has 0 aliphatic carbocycles. The first-order chi connectivity index (χ1) is 9.44. The number of benzene rings is 1. The van der Waals surface area contributed by atoms with E-state index in [-0.39, 0.29) is 22.0 Å². The lowest BCUT2D eigenvalue weighted by atomic mass is 10.3. The minimum absolute atomic E-state index is 0.0270. The molecule has 0 fully saturated rings. The second-order valence-corrected chi connectivity index (χ2v) is 5.45. The Morgan fingerprint density at radius 2 is 2.10 bits per heavy atom. The summed E-state index contributed by atoms with van der Waals surface area (Å²) >= 11 is 0. The topological polar surface area (TPSA) is 109 Å². The van der Waals surface area contributed by atoms with E-state index >= 15 is 0 Å². The van der Waals surface area contributed by atoms with E-state index in [9.17, 15) is 12.8 Å². The standard InChI is InChI=1S/C12H9FN4O2S/c13-8-3-4-10(9(15)6-8)17-20(18,19)12-2-1-5-16-11(12)7-14/h1-6,17H,15H2. The summed E-state index contributed by atoms with van der Waals surface area (Å²) in [5.74, 6) is -0.579. The first-order valence-electron chi connectivity index (χ1n) is 5.37. The van der Waals surface area contributed by atoms with Gasteiger partial charge in [0.2, 0.25) is 0 Å². The van der Waals surface area contributed by atoms with Crippen LogP contribution in [0.5, 0.6) is 0 Å². The van der Waals surface area contributed by atoms with Gasteiger partial charge >= 0.3 is 0 Å². The van der Waals surface area contributed by atoms with Gasteiger partial charge in [0.15, 0.2) is 5.69 Å². The van der Waals surface area contributed by atoms with Gasteiger partial charge in [0, 0.05) is 6.20 Å².